The summed E-state index contributed by atoms with van der Waals surface area (Å²) in [6, 6.07) is 18.9. The van der Waals surface area contributed by atoms with Gasteiger partial charge in [-0.3, -0.25) is 14.2 Å². The lowest BCUT2D eigenvalue weighted by Gasteiger charge is -2.35. The van der Waals surface area contributed by atoms with Crippen molar-refractivity contribution in [3.8, 4) is 5.75 Å². The van der Waals surface area contributed by atoms with E-state index in [1.54, 1.807) is 67.9 Å². The Kier molecular flexibility index (Phi) is 6.83. The molecule has 1 aliphatic rings. The molecule has 37 heavy (non-hydrogen) atoms. The Morgan fingerprint density at radius 2 is 1.70 bits per heavy atom. The van der Waals surface area contributed by atoms with Gasteiger partial charge in [0.2, 0.25) is 0 Å². The molecule has 10 nitrogen and oxygen atoms in total. The second-order valence-electron chi connectivity index (χ2n) is 8.56. The molecular formula is C26H25N5O5S. The number of fused-ring (bicyclic) bond motifs is 1. The van der Waals surface area contributed by atoms with E-state index in [4.69, 9.17) is 4.74 Å². The lowest BCUT2D eigenvalue weighted by Crippen LogP contribution is -2.53. The first kappa shape index (κ1) is 24.8. The Morgan fingerprint density at radius 3 is 2.38 bits per heavy atom. The van der Waals surface area contributed by atoms with Crippen LogP contribution in [-0.4, -0.2) is 67.5 Å². The number of nitrogens with zero attached hydrogens (tertiary/aromatic N) is 5. The molecule has 1 unspecified atom stereocenters. The molecule has 190 valence electrons. The summed E-state index contributed by atoms with van der Waals surface area (Å²) in [6.45, 7) is 0.740. The number of amides is 1. The summed E-state index contributed by atoms with van der Waals surface area (Å²) < 4.78 is 33.9. The van der Waals surface area contributed by atoms with Crippen molar-refractivity contribution >= 4 is 27.5 Å². The number of hydrogen-bond donors (Lipinski definition) is 0. The van der Waals surface area contributed by atoms with Gasteiger partial charge in [0.25, 0.3) is 11.5 Å². The minimum Gasteiger partial charge on any atom is -0.593 e. The normalized spacial score (nSPS) is 15.9. The van der Waals surface area contributed by atoms with E-state index in [-0.39, 0.29) is 43.3 Å². The molecule has 1 aliphatic heterocycles. The first-order chi connectivity index (χ1) is 17.9. The van der Waals surface area contributed by atoms with Gasteiger partial charge in [-0.05, 0) is 42.0 Å². The molecule has 0 bridgehead atoms. The van der Waals surface area contributed by atoms with Crippen LogP contribution in [0.25, 0.3) is 11.2 Å². The number of methoxy groups -OCH3 is 1. The van der Waals surface area contributed by atoms with Crippen LogP contribution in [-0.2, 0) is 21.2 Å². The first-order valence-corrected chi connectivity index (χ1v) is 13.2. The van der Waals surface area contributed by atoms with Gasteiger partial charge in [0.1, 0.15) is 11.3 Å². The van der Waals surface area contributed by atoms with Gasteiger partial charge in [0.05, 0.1) is 26.7 Å². The summed E-state index contributed by atoms with van der Waals surface area (Å²) in [5.41, 5.74) is 0.863. The molecule has 1 saturated heterocycles. The minimum atomic E-state index is -3.66. The highest BCUT2D eigenvalue weighted by Gasteiger charge is 2.35. The van der Waals surface area contributed by atoms with E-state index >= 15 is 0 Å². The fraction of sp³-hybridized carbons (Fsp3) is 0.231. The highest BCUT2D eigenvalue weighted by atomic mass is 32.3. The predicted octanol–water partition coefficient (Wildman–Crippen LogP) is 2.21. The molecule has 0 saturated carbocycles. The van der Waals surface area contributed by atoms with Gasteiger partial charge in [-0.15, -0.1) is 4.31 Å². The van der Waals surface area contributed by atoms with Crippen LogP contribution in [0.3, 0.4) is 0 Å². The number of pyridine rings is 1. The van der Waals surface area contributed by atoms with Crippen molar-refractivity contribution in [2.24, 2.45) is 0 Å². The largest absolute Gasteiger partial charge is 0.593 e. The second-order valence-corrected chi connectivity index (χ2v) is 10.5. The summed E-state index contributed by atoms with van der Waals surface area (Å²) in [5, 5.41) is 0. The maximum absolute atomic E-state index is 13.5. The maximum atomic E-state index is 13.5. The Hall–Kier alpha value is -3.93. The minimum absolute atomic E-state index is 0.123. The number of hydrogen-bond acceptors (Lipinski definition) is 7. The zero-order valence-corrected chi connectivity index (χ0v) is 21.0. The number of aromatic nitrogens is 3. The lowest BCUT2D eigenvalue weighted by atomic mass is 10.2. The van der Waals surface area contributed by atoms with Crippen LogP contribution in [0.2, 0.25) is 0 Å². The number of carbonyl (C=O) groups is 1. The van der Waals surface area contributed by atoms with Crippen molar-refractivity contribution < 1.29 is 18.3 Å². The molecule has 0 spiro atoms. The van der Waals surface area contributed by atoms with E-state index in [2.05, 4.69) is 9.97 Å². The second kappa shape index (κ2) is 10.2. The molecule has 1 amide bonds. The van der Waals surface area contributed by atoms with E-state index in [1.165, 1.54) is 13.8 Å². The van der Waals surface area contributed by atoms with Gasteiger partial charge in [-0.2, -0.15) is 0 Å². The molecule has 0 radical (unpaired) electrons. The van der Waals surface area contributed by atoms with Crippen LogP contribution < -0.4 is 10.3 Å². The molecular weight excluding hydrogens is 494 g/mol. The molecule has 2 aromatic carbocycles. The number of sulfonamides is 1. The molecule has 2 aromatic heterocycles. The van der Waals surface area contributed by atoms with Gasteiger partial charge in [0.15, 0.2) is 26.6 Å². The van der Waals surface area contributed by atoms with Gasteiger partial charge < -0.3 is 14.2 Å². The van der Waals surface area contributed by atoms with Gasteiger partial charge in [-0.1, -0.05) is 34.5 Å². The van der Waals surface area contributed by atoms with Crippen LogP contribution in [0.1, 0.15) is 16.1 Å². The van der Waals surface area contributed by atoms with Gasteiger partial charge in [-0.25, -0.2) is 9.97 Å². The van der Waals surface area contributed by atoms with Crippen molar-refractivity contribution in [2.75, 3.05) is 33.3 Å². The van der Waals surface area contributed by atoms with E-state index in [1.807, 2.05) is 12.1 Å². The van der Waals surface area contributed by atoms with Crippen LogP contribution >= 0.6 is 0 Å². The standard InChI is InChI=1S/C26H25N5O5S/c1-36-20-11-9-19(10-12-20)18-31-24-22(8-5-13-27-24)28-23(26(31)33)25(32)29-14-16-30(17-15-29)37(34,35)21-6-3-2-4-7-21/h2-13H,14-18H2,1H3. The Bertz CT molecular complexity index is 1530. The quantitative estimate of drug-likeness (QED) is 0.358. The highest BCUT2D eigenvalue weighted by Crippen LogP contribution is 2.23. The molecule has 0 aliphatic carbocycles. The summed E-state index contributed by atoms with van der Waals surface area (Å²) in [4.78, 5) is 37.3. The van der Waals surface area contributed by atoms with E-state index in [0.717, 1.165) is 5.56 Å². The van der Waals surface area contributed by atoms with Crippen molar-refractivity contribution in [1.82, 2.24) is 23.7 Å². The maximum Gasteiger partial charge on any atom is 0.284 e. The monoisotopic (exact) mass is 519 g/mol. The molecule has 1 atom stereocenters. The first-order valence-electron chi connectivity index (χ1n) is 11.7. The zero-order chi connectivity index (χ0) is 26.0. The predicted molar refractivity (Wildman–Crippen MR) is 137 cm³/mol. The Labute approximate surface area is 214 Å². The lowest BCUT2D eigenvalue weighted by molar-refractivity contribution is 0.0685. The van der Waals surface area contributed by atoms with Gasteiger partial charge in [0, 0.05) is 19.3 Å². The SMILES string of the molecule is COc1ccc(Cn2c(=O)c(C(=O)N3CCN([S+](=O)([O-])c4ccccc4)CC3)nc3cccnc32)cc1. The van der Waals surface area contributed by atoms with Crippen molar-refractivity contribution in [3.05, 3.63) is 94.5 Å². The number of rotatable bonds is 6. The number of carbonyl (C=O) groups excluding carboxylic acids is 1. The summed E-state index contributed by atoms with van der Waals surface area (Å²) in [6.07, 6.45) is 1.57. The molecule has 3 heterocycles. The molecule has 5 rings (SSSR count). The summed E-state index contributed by atoms with van der Waals surface area (Å²) in [5.74, 6) is 0.161. The third-order valence-electron chi connectivity index (χ3n) is 6.31. The summed E-state index contributed by atoms with van der Waals surface area (Å²) >= 11 is 0. The molecule has 1 fully saturated rings. The molecule has 4 aromatic rings. The van der Waals surface area contributed by atoms with Crippen LogP contribution in [0.15, 0.2) is 82.6 Å². The highest BCUT2D eigenvalue weighted by molar-refractivity contribution is 7.95. The van der Waals surface area contributed by atoms with E-state index in [0.29, 0.717) is 16.9 Å². The summed E-state index contributed by atoms with van der Waals surface area (Å²) in [7, 11) is -2.08. The fourth-order valence-corrected chi connectivity index (χ4v) is 5.74. The zero-order valence-electron chi connectivity index (χ0n) is 20.1. The van der Waals surface area contributed by atoms with Crippen LogP contribution in [0.4, 0.5) is 0 Å². The number of piperazine rings is 1. The third-order valence-corrected chi connectivity index (χ3v) is 8.22. The van der Waals surface area contributed by atoms with Crippen molar-refractivity contribution in [2.45, 2.75) is 11.4 Å². The van der Waals surface area contributed by atoms with Gasteiger partial charge >= 0.3 is 0 Å². The van der Waals surface area contributed by atoms with Crippen LogP contribution in [0.5, 0.6) is 5.75 Å². The molecule has 11 heteroatoms. The smallest absolute Gasteiger partial charge is 0.284 e. The van der Waals surface area contributed by atoms with Crippen molar-refractivity contribution in [3.63, 3.8) is 0 Å². The van der Waals surface area contributed by atoms with E-state index < -0.39 is 21.9 Å². The Morgan fingerprint density at radius 1 is 1.00 bits per heavy atom. The average Bonchev–Trinajstić information content (AvgIpc) is 2.95. The number of benzene rings is 2. The number of ether oxygens (including phenoxy) is 1. The fourth-order valence-electron chi connectivity index (χ4n) is 4.30. The van der Waals surface area contributed by atoms with Crippen LogP contribution in [0, 0.1) is 0 Å². The average molecular weight is 520 g/mol. The topological polar surface area (TPSA) is 121 Å². The molecule has 0 N–H and O–H groups in total. The Balaban J connectivity index is 1.41. The van der Waals surface area contributed by atoms with Crippen molar-refractivity contribution in [1.29, 1.82) is 0 Å². The van der Waals surface area contributed by atoms with E-state index in [9.17, 15) is 18.4 Å². The third kappa shape index (κ3) is 4.88.